The van der Waals surface area contributed by atoms with Crippen molar-refractivity contribution in [1.82, 2.24) is 16.0 Å². The van der Waals surface area contributed by atoms with Gasteiger partial charge in [-0.25, -0.2) is 4.99 Å². The van der Waals surface area contributed by atoms with Crippen LogP contribution in [-0.4, -0.2) is 37.1 Å². The van der Waals surface area contributed by atoms with E-state index in [0.29, 0.717) is 18.1 Å². The lowest BCUT2D eigenvalue weighted by molar-refractivity contribution is -0.121. The minimum absolute atomic E-state index is 0. The zero-order valence-electron chi connectivity index (χ0n) is 16.4. The Hall–Kier alpha value is -1.65. The van der Waals surface area contributed by atoms with Crippen LogP contribution in [0.5, 0.6) is 5.75 Å². The first-order valence-corrected chi connectivity index (χ1v) is 8.48. The lowest BCUT2D eigenvalue weighted by Crippen LogP contribution is -2.48. The Bertz CT molecular complexity index is 634. The molecule has 0 saturated heterocycles. The molecule has 0 heterocycles. The average molecular weight is 498 g/mol. The summed E-state index contributed by atoms with van der Waals surface area (Å²) in [7, 11) is 0. The molecule has 0 aliphatic carbocycles. The molecule has 9 heteroatoms. The largest absolute Gasteiger partial charge is 0.434 e. The van der Waals surface area contributed by atoms with Gasteiger partial charge in [0.25, 0.3) is 0 Å². The van der Waals surface area contributed by atoms with E-state index >= 15 is 0 Å². The molecule has 0 aliphatic rings. The van der Waals surface area contributed by atoms with Gasteiger partial charge in [-0.1, -0.05) is 17.7 Å². The summed E-state index contributed by atoms with van der Waals surface area (Å²) in [5.74, 6) is 0.345. The maximum absolute atomic E-state index is 12.5. The third-order valence-electron chi connectivity index (χ3n) is 3.11. The van der Waals surface area contributed by atoms with Gasteiger partial charge < -0.3 is 20.7 Å². The van der Waals surface area contributed by atoms with Crippen LogP contribution in [0.25, 0.3) is 0 Å². The highest BCUT2D eigenvalue weighted by Crippen LogP contribution is 2.22. The summed E-state index contributed by atoms with van der Waals surface area (Å²) < 4.78 is 29.6. The van der Waals surface area contributed by atoms with Crippen molar-refractivity contribution in [1.29, 1.82) is 0 Å². The highest BCUT2D eigenvalue weighted by Gasteiger charge is 2.14. The van der Waals surface area contributed by atoms with Crippen molar-refractivity contribution < 1.29 is 18.3 Å². The van der Waals surface area contributed by atoms with Crippen LogP contribution in [0.2, 0.25) is 0 Å². The zero-order valence-corrected chi connectivity index (χ0v) is 18.7. The standard InChI is InChI=1S/C18H28F2N4O2.HI/c1-6-21-17(23-11-15(25)24-18(3,4)5)22-10-13-9-12(2)7-8-14(13)26-16(19)20;/h7-9,16H,6,10-11H2,1-5H3,(H,24,25)(H2,21,22,23);1H. The van der Waals surface area contributed by atoms with E-state index in [1.165, 1.54) is 6.07 Å². The van der Waals surface area contributed by atoms with Crippen LogP contribution in [0.4, 0.5) is 8.78 Å². The van der Waals surface area contributed by atoms with Gasteiger partial charge in [0.15, 0.2) is 5.96 Å². The molecule has 1 amide bonds. The highest BCUT2D eigenvalue weighted by atomic mass is 127. The molecule has 0 unspecified atom stereocenters. The smallest absolute Gasteiger partial charge is 0.387 e. The monoisotopic (exact) mass is 498 g/mol. The lowest BCUT2D eigenvalue weighted by atomic mass is 10.1. The molecule has 0 spiro atoms. The molecule has 1 aromatic rings. The Morgan fingerprint density at radius 3 is 2.48 bits per heavy atom. The second kappa shape index (κ2) is 11.9. The fourth-order valence-corrected chi connectivity index (χ4v) is 2.18. The highest BCUT2D eigenvalue weighted by molar-refractivity contribution is 14.0. The number of aryl methyl sites for hydroxylation is 1. The Balaban J connectivity index is 0.00000676. The lowest BCUT2D eigenvalue weighted by Gasteiger charge is -2.21. The van der Waals surface area contributed by atoms with Gasteiger partial charge in [-0.15, -0.1) is 24.0 Å². The summed E-state index contributed by atoms with van der Waals surface area (Å²) in [4.78, 5) is 16.3. The van der Waals surface area contributed by atoms with Gasteiger partial charge in [-0.2, -0.15) is 8.78 Å². The van der Waals surface area contributed by atoms with Gasteiger partial charge in [0, 0.05) is 17.6 Å². The number of halogens is 3. The predicted molar refractivity (Wildman–Crippen MR) is 114 cm³/mol. The molecular formula is C18H29F2IN4O2. The van der Waals surface area contributed by atoms with E-state index in [1.54, 1.807) is 12.1 Å². The topological polar surface area (TPSA) is 74.8 Å². The van der Waals surface area contributed by atoms with E-state index < -0.39 is 6.61 Å². The molecule has 0 aliphatic heterocycles. The first kappa shape index (κ1) is 25.4. The van der Waals surface area contributed by atoms with Gasteiger partial charge >= 0.3 is 6.61 Å². The molecular weight excluding hydrogens is 469 g/mol. The number of carbonyl (C=O) groups excluding carboxylic acids is 1. The van der Waals surface area contributed by atoms with Crippen LogP contribution in [0.3, 0.4) is 0 Å². The van der Waals surface area contributed by atoms with E-state index in [2.05, 4.69) is 25.7 Å². The molecule has 0 radical (unpaired) electrons. The first-order chi connectivity index (χ1) is 12.1. The Morgan fingerprint density at radius 2 is 1.93 bits per heavy atom. The number of nitrogens with one attached hydrogen (secondary N) is 3. The molecule has 3 N–H and O–H groups in total. The third kappa shape index (κ3) is 10.9. The first-order valence-electron chi connectivity index (χ1n) is 8.48. The van der Waals surface area contributed by atoms with E-state index in [1.807, 2.05) is 34.6 Å². The van der Waals surface area contributed by atoms with Crippen molar-refractivity contribution >= 4 is 35.8 Å². The van der Waals surface area contributed by atoms with Crippen LogP contribution in [-0.2, 0) is 11.3 Å². The fourth-order valence-electron chi connectivity index (χ4n) is 2.18. The fraction of sp³-hybridized carbons (Fsp3) is 0.556. The molecule has 0 bridgehead atoms. The van der Waals surface area contributed by atoms with Crippen molar-refractivity contribution in [3.8, 4) is 5.75 Å². The van der Waals surface area contributed by atoms with Gasteiger partial charge in [0.1, 0.15) is 5.75 Å². The molecule has 0 saturated carbocycles. The van der Waals surface area contributed by atoms with Crippen molar-refractivity contribution in [3.05, 3.63) is 29.3 Å². The summed E-state index contributed by atoms with van der Waals surface area (Å²) in [6.07, 6.45) is 0. The minimum atomic E-state index is -2.90. The number of aliphatic imine (C=N–C) groups is 1. The predicted octanol–water partition coefficient (Wildman–Crippen LogP) is 3.18. The summed E-state index contributed by atoms with van der Waals surface area (Å²) in [6.45, 7) is 7.33. The van der Waals surface area contributed by atoms with Crippen LogP contribution in [0.15, 0.2) is 23.2 Å². The number of amides is 1. The Labute approximate surface area is 176 Å². The van der Waals surface area contributed by atoms with Crippen LogP contribution in [0.1, 0.15) is 38.8 Å². The normalized spacial score (nSPS) is 11.6. The van der Waals surface area contributed by atoms with Crippen molar-refractivity contribution in [3.63, 3.8) is 0 Å². The van der Waals surface area contributed by atoms with Gasteiger partial charge in [0.2, 0.25) is 5.91 Å². The SMILES string of the molecule is CCNC(=NCc1cc(C)ccc1OC(F)F)NCC(=O)NC(C)(C)C.I. The average Bonchev–Trinajstić information content (AvgIpc) is 2.50. The number of hydrogen-bond donors (Lipinski definition) is 3. The summed E-state index contributed by atoms with van der Waals surface area (Å²) in [6, 6.07) is 4.95. The number of ether oxygens (including phenoxy) is 1. The van der Waals surface area contributed by atoms with Crippen LogP contribution in [0, 0.1) is 6.92 Å². The van der Waals surface area contributed by atoms with E-state index in [9.17, 15) is 13.6 Å². The molecule has 6 nitrogen and oxygen atoms in total. The summed E-state index contributed by atoms with van der Waals surface area (Å²) in [5, 5.41) is 8.78. The summed E-state index contributed by atoms with van der Waals surface area (Å²) in [5.41, 5.74) is 1.14. The molecule has 154 valence electrons. The second-order valence-corrected chi connectivity index (χ2v) is 6.84. The third-order valence-corrected chi connectivity index (χ3v) is 3.11. The summed E-state index contributed by atoms with van der Waals surface area (Å²) >= 11 is 0. The molecule has 0 atom stereocenters. The number of alkyl halides is 2. The van der Waals surface area contributed by atoms with Gasteiger partial charge in [-0.05, 0) is 40.7 Å². The minimum Gasteiger partial charge on any atom is -0.434 e. The number of rotatable bonds is 7. The molecule has 1 rings (SSSR count). The number of guanidine groups is 1. The van der Waals surface area contributed by atoms with E-state index in [-0.39, 0.29) is 54.3 Å². The number of benzene rings is 1. The second-order valence-electron chi connectivity index (χ2n) is 6.84. The zero-order chi connectivity index (χ0) is 19.7. The Kier molecular flexibility index (Phi) is 11.2. The number of carbonyl (C=O) groups is 1. The molecule has 0 fully saturated rings. The quantitative estimate of drug-likeness (QED) is 0.307. The van der Waals surface area contributed by atoms with E-state index in [4.69, 9.17) is 0 Å². The van der Waals surface area contributed by atoms with Gasteiger partial charge in [-0.3, -0.25) is 4.79 Å². The number of hydrogen-bond acceptors (Lipinski definition) is 3. The van der Waals surface area contributed by atoms with Crippen LogP contribution < -0.4 is 20.7 Å². The maximum atomic E-state index is 12.5. The number of nitrogens with zero attached hydrogens (tertiary/aromatic N) is 1. The Morgan fingerprint density at radius 1 is 1.26 bits per heavy atom. The van der Waals surface area contributed by atoms with Crippen molar-refractivity contribution in [2.75, 3.05) is 13.1 Å². The molecule has 1 aromatic carbocycles. The van der Waals surface area contributed by atoms with Crippen molar-refractivity contribution in [2.24, 2.45) is 4.99 Å². The van der Waals surface area contributed by atoms with Crippen molar-refractivity contribution in [2.45, 2.75) is 53.3 Å². The molecule has 27 heavy (non-hydrogen) atoms. The van der Waals surface area contributed by atoms with E-state index in [0.717, 1.165) is 5.56 Å². The van der Waals surface area contributed by atoms with Crippen LogP contribution >= 0.6 is 24.0 Å². The molecule has 0 aromatic heterocycles. The van der Waals surface area contributed by atoms with Gasteiger partial charge in [0.05, 0.1) is 13.1 Å². The maximum Gasteiger partial charge on any atom is 0.387 e.